The lowest BCUT2D eigenvalue weighted by atomic mass is 10.3. The molecule has 0 spiro atoms. The van der Waals surface area contributed by atoms with Crippen molar-refractivity contribution in [2.24, 2.45) is 0 Å². The summed E-state index contributed by atoms with van der Waals surface area (Å²) in [5.74, 6) is 0. The van der Waals surface area contributed by atoms with Gasteiger partial charge >= 0.3 is 0 Å². The third kappa shape index (κ3) is 3.42. The number of para-hydroxylation sites is 1. The summed E-state index contributed by atoms with van der Waals surface area (Å²) < 4.78 is 1.82. The standard InChI is InChI=1S/C18H12Cl2N4S2/c1-25-18-22-16-13(10-21-24(16)12-5-3-2-4-6-12)17(23-18)26-15-9-11(19)7-8-14(15)20/h2-10H,1H3. The van der Waals surface area contributed by atoms with Gasteiger partial charge in [-0.3, -0.25) is 0 Å². The number of nitrogens with zero attached hydrogens (tertiary/aromatic N) is 4. The number of hydrogen-bond donors (Lipinski definition) is 0. The van der Waals surface area contributed by atoms with Gasteiger partial charge in [0.05, 0.1) is 22.3 Å². The highest BCUT2D eigenvalue weighted by molar-refractivity contribution is 7.99. The summed E-state index contributed by atoms with van der Waals surface area (Å²) in [6.07, 6.45) is 3.73. The third-order valence-electron chi connectivity index (χ3n) is 3.66. The van der Waals surface area contributed by atoms with Gasteiger partial charge in [-0.05, 0) is 36.6 Å². The average Bonchev–Trinajstić information content (AvgIpc) is 3.09. The minimum Gasteiger partial charge on any atom is -0.215 e. The first-order chi connectivity index (χ1) is 12.7. The van der Waals surface area contributed by atoms with Crippen molar-refractivity contribution in [2.75, 3.05) is 6.26 Å². The van der Waals surface area contributed by atoms with Crippen molar-refractivity contribution in [1.29, 1.82) is 0 Å². The van der Waals surface area contributed by atoms with E-state index in [2.05, 4.69) is 15.1 Å². The van der Waals surface area contributed by atoms with Gasteiger partial charge in [0.15, 0.2) is 10.8 Å². The van der Waals surface area contributed by atoms with Gasteiger partial charge in [0.25, 0.3) is 0 Å². The molecule has 0 aliphatic carbocycles. The van der Waals surface area contributed by atoms with Gasteiger partial charge in [-0.2, -0.15) is 5.10 Å². The topological polar surface area (TPSA) is 43.6 Å². The molecule has 4 aromatic rings. The van der Waals surface area contributed by atoms with Crippen molar-refractivity contribution in [3.05, 3.63) is 64.8 Å². The van der Waals surface area contributed by atoms with Gasteiger partial charge in [0.2, 0.25) is 0 Å². The Bertz CT molecular complexity index is 1080. The Kier molecular flexibility index (Phi) is 5.09. The van der Waals surface area contributed by atoms with E-state index < -0.39 is 0 Å². The molecule has 0 amide bonds. The molecule has 26 heavy (non-hydrogen) atoms. The summed E-state index contributed by atoms with van der Waals surface area (Å²) in [4.78, 5) is 10.2. The first-order valence-electron chi connectivity index (χ1n) is 7.64. The quantitative estimate of drug-likeness (QED) is 0.231. The van der Waals surface area contributed by atoms with Crippen LogP contribution in [-0.2, 0) is 0 Å². The van der Waals surface area contributed by atoms with Crippen molar-refractivity contribution in [3.63, 3.8) is 0 Å². The van der Waals surface area contributed by atoms with Crippen molar-refractivity contribution >= 4 is 57.8 Å². The Morgan fingerprint density at radius 1 is 1.00 bits per heavy atom. The van der Waals surface area contributed by atoms with E-state index in [-0.39, 0.29) is 0 Å². The fraction of sp³-hybridized carbons (Fsp3) is 0.0556. The Labute approximate surface area is 168 Å². The lowest BCUT2D eigenvalue weighted by Gasteiger charge is -2.08. The van der Waals surface area contributed by atoms with Gasteiger partial charge in [-0.25, -0.2) is 14.6 Å². The number of halogens is 2. The van der Waals surface area contributed by atoms with Gasteiger partial charge in [0.1, 0.15) is 5.03 Å². The van der Waals surface area contributed by atoms with Crippen molar-refractivity contribution < 1.29 is 0 Å². The van der Waals surface area contributed by atoms with Crippen LogP contribution >= 0.6 is 46.7 Å². The second-order valence-corrected chi connectivity index (χ2v) is 7.97. The molecule has 0 aliphatic rings. The van der Waals surface area contributed by atoms with Crippen LogP contribution in [0.15, 0.2) is 69.8 Å². The van der Waals surface area contributed by atoms with E-state index in [0.717, 1.165) is 26.6 Å². The number of rotatable bonds is 4. The number of aromatic nitrogens is 4. The molecule has 8 heteroatoms. The fourth-order valence-corrected chi connectivity index (χ4v) is 4.28. The minimum atomic E-state index is 0.632. The second kappa shape index (κ2) is 7.48. The predicted octanol–water partition coefficient (Wildman–Crippen LogP) is 6.00. The molecule has 2 aromatic carbocycles. The summed E-state index contributed by atoms with van der Waals surface area (Å²) in [6, 6.07) is 15.3. The first-order valence-corrected chi connectivity index (χ1v) is 10.4. The summed E-state index contributed by atoms with van der Waals surface area (Å²) in [7, 11) is 0. The SMILES string of the molecule is CSc1nc(Sc2cc(Cl)ccc2Cl)c2cnn(-c3ccccc3)c2n1. The van der Waals surface area contributed by atoms with Gasteiger partial charge in [-0.1, -0.05) is 64.9 Å². The van der Waals surface area contributed by atoms with E-state index in [4.69, 9.17) is 23.2 Å². The molecule has 2 heterocycles. The molecule has 0 fully saturated rings. The Morgan fingerprint density at radius 2 is 1.81 bits per heavy atom. The summed E-state index contributed by atoms with van der Waals surface area (Å²) >= 11 is 15.4. The minimum absolute atomic E-state index is 0.632. The maximum Gasteiger partial charge on any atom is 0.190 e. The van der Waals surface area contributed by atoms with Crippen molar-refractivity contribution in [2.45, 2.75) is 15.1 Å². The molecular formula is C18H12Cl2N4S2. The van der Waals surface area contributed by atoms with Gasteiger partial charge in [-0.15, -0.1) is 0 Å². The normalized spacial score (nSPS) is 11.2. The first kappa shape index (κ1) is 17.7. The van der Waals surface area contributed by atoms with Crippen LogP contribution in [0.1, 0.15) is 0 Å². The number of hydrogen-bond acceptors (Lipinski definition) is 5. The summed E-state index contributed by atoms with van der Waals surface area (Å²) in [5.41, 5.74) is 1.71. The second-order valence-electron chi connectivity index (χ2n) is 5.32. The van der Waals surface area contributed by atoms with Crippen LogP contribution in [0.5, 0.6) is 0 Å². The zero-order valence-electron chi connectivity index (χ0n) is 13.6. The smallest absolute Gasteiger partial charge is 0.190 e. The summed E-state index contributed by atoms with van der Waals surface area (Å²) in [5, 5.41) is 8.12. The van der Waals surface area contributed by atoms with Crippen molar-refractivity contribution in [1.82, 2.24) is 19.7 Å². The van der Waals surface area contributed by atoms with E-state index in [1.807, 2.05) is 47.3 Å². The lowest BCUT2D eigenvalue weighted by Crippen LogP contribution is -1.99. The Hall–Kier alpha value is -1.73. The maximum absolute atomic E-state index is 6.32. The predicted molar refractivity (Wildman–Crippen MR) is 109 cm³/mol. The number of fused-ring (bicyclic) bond motifs is 1. The molecule has 2 aromatic heterocycles. The Morgan fingerprint density at radius 3 is 2.58 bits per heavy atom. The van der Waals surface area contributed by atoms with Crippen LogP contribution in [-0.4, -0.2) is 26.0 Å². The molecule has 0 saturated heterocycles. The monoisotopic (exact) mass is 418 g/mol. The maximum atomic E-state index is 6.32. The number of thioether (sulfide) groups is 1. The van der Waals surface area contributed by atoms with Crippen LogP contribution in [0.25, 0.3) is 16.7 Å². The van der Waals surface area contributed by atoms with E-state index in [1.165, 1.54) is 23.5 Å². The molecule has 0 aliphatic heterocycles. The number of benzene rings is 2. The zero-order valence-corrected chi connectivity index (χ0v) is 16.7. The Balaban J connectivity index is 1.87. The van der Waals surface area contributed by atoms with E-state index in [1.54, 1.807) is 18.3 Å². The van der Waals surface area contributed by atoms with Gasteiger partial charge < -0.3 is 0 Å². The van der Waals surface area contributed by atoms with E-state index >= 15 is 0 Å². The lowest BCUT2D eigenvalue weighted by molar-refractivity contribution is 0.864. The molecular weight excluding hydrogens is 407 g/mol. The molecule has 0 atom stereocenters. The average molecular weight is 419 g/mol. The van der Waals surface area contributed by atoms with Crippen LogP contribution in [0.4, 0.5) is 0 Å². The molecule has 0 unspecified atom stereocenters. The third-order valence-corrected chi connectivity index (χ3v) is 5.94. The molecule has 0 radical (unpaired) electrons. The van der Waals surface area contributed by atoms with Crippen LogP contribution in [0.3, 0.4) is 0 Å². The van der Waals surface area contributed by atoms with Crippen molar-refractivity contribution in [3.8, 4) is 5.69 Å². The molecule has 0 bridgehead atoms. The highest BCUT2D eigenvalue weighted by Gasteiger charge is 2.16. The molecule has 4 rings (SSSR count). The highest BCUT2D eigenvalue weighted by Crippen LogP contribution is 2.38. The zero-order chi connectivity index (χ0) is 18.1. The van der Waals surface area contributed by atoms with Crippen LogP contribution in [0, 0.1) is 0 Å². The summed E-state index contributed by atoms with van der Waals surface area (Å²) in [6.45, 7) is 0. The highest BCUT2D eigenvalue weighted by atomic mass is 35.5. The van der Waals surface area contributed by atoms with Crippen LogP contribution in [0.2, 0.25) is 10.0 Å². The molecule has 4 nitrogen and oxygen atoms in total. The van der Waals surface area contributed by atoms with E-state index in [9.17, 15) is 0 Å². The largest absolute Gasteiger partial charge is 0.215 e. The molecule has 130 valence electrons. The fourth-order valence-electron chi connectivity index (χ4n) is 2.45. The molecule has 0 N–H and O–H groups in total. The molecule has 0 saturated carbocycles. The van der Waals surface area contributed by atoms with Crippen LogP contribution < -0.4 is 0 Å². The van der Waals surface area contributed by atoms with E-state index in [0.29, 0.717) is 15.2 Å². The van der Waals surface area contributed by atoms with Gasteiger partial charge in [0, 0.05) is 9.92 Å².